The van der Waals surface area contributed by atoms with Crippen molar-refractivity contribution in [2.45, 2.75) is 46.3 Å². The molecule has 24 heavy (non-hydrogen) atoms. The van der Waals surface area contributed by atoms with E-state index in [1.807, 2.05) is 33.8 Å². The van der Waals surface area contributed by atoms with Gasteiger partial charge < -0.3 is 19.3 Å². The standard InChI is InChI=1S/C18H27ClN2O3/c1-12-9-14(10-15(23-6)16(12)19)21-8-7-20(11-13(21)2)17(22)24-18(3,4)5/h9-10,13H,7-8,11H2,1-6H3. The number of ether oxygens (including phenoxy) is 2. The van der Waals surface area contributed by atoms with Gasteiger partial charge in [0.05, 0.1) is 12.1 Å². The van der Waals surface area contributed by atoms with Crippen LogP contribution in [-0.2, 0) is 4.74 Å². The summed E-state index contributed by atoms with van der Waals surface area (Å²) >= 11 is 6.25. The molecular weight excluding hydrogens is 328 g/mol. The number of piperazine rings is 1. The van der Waals surface area contributed by atoms with E-state index in [2.05, 4.69) is 17.9 Å². The molecule has 0 aliphatic carbocycles. The van der Waals surface area contributed by atoms with Crippen LogP contribution in [-0.4, -0.2) is 49.4 Å². The summed E-state index contributed by atoms with van der Waals surface area (Å²) in [5.41, 5.74) is 1.57. The molecule has 5 nitrogen and oxygen atoms in total. The molecule has 1 atom stereocenters. The number of carbonyl (C=O) groups excluding carboxylic acids is 1. The van der Waals surface area contributed by atoms with Gasteiger partial charge >= 0.3 is 6.09 Å². The highest BCUT2D eigenvalue weighted by molar-refractivity contribution is 6.32. The number of nitrogens with zero attached hydrogens (tertiary/aromatic N) is 2. The zero-order chi connectivity index (χ0) is 18.1. The van der Waals surface area contributed by atoms with Crippen molar-refractivity contribution < 1.29 is 14.3 Å². The zero-order valence-corrected chi connectivity index (χ0v) is 16.1. The summed E-state index contributed by atoms with van der Waals surface area (Å²) < 4.78 is 10.8. The third-order valence-electron chi connectivity index (χ3n) is 4.04. The summed E-state index contributed by atoms with van der Waals surface area (Å²) in [5.74, 6) is 0.674. The predicted molar refractivity (Wildman–Crippen MR) is 97.4 cm³/mol. The Bertz CT molecular complexity index is 613. The van der Waals surface area contributed by atoms with Gasteiger partial charge in [-0.25, -0.2) is 4.79 Å². The maximum Gasteiger partial charge on any atom is 0.410 e. The lowest BCUT2D eigenvalue weighted by Gasteiger charge is -2.41. The molecule has 0 N–H and O–H groups in total. The Hall–Kier alpha value is -1.62. The Kier molecular flexibility index (Phi) is 5.53. The quantitative estimate of drug-likeness (QED) is 0.801. The number of methoxy groups -OCH3 is 1. The molecule has 0 spiro atoms. The van der Waals surface area contributed by atoms with E-state index >= 15 is 0 Å². The SMILES string of the molecule is COc1cc(N2CCN(C(=O)OC(C)(C)C)CC2C)cc(C)c1Cl. The highest BCUT2D eigenvalue weighted by atomic mass is 35.5. The van der Waals surface area contributed by atoms with Gasteiger partial charge in [0.15, 0.2) is 0 Å². The summed E-state index contributed by atoms with van der Waals surface area (Å²) in [6.45, 7) is 11.7. The monoisotopic (exact) mass is 354 g/mol. The van der Waals surface area contributed by atoms with E-state index in [-0.39, 0.29) is 12.1 Å². The lowest BCUT2D eigenvalue weighted by molar-refractivity contribution is 0.0219. The summed E-state index contributed by atoms with van der Waals surface area (Å²) in [4.78, 5) is 16.3. The molecule has 1 aliphatic heterocycles. The van der Waals surface area contributed by atoms with Crippen molar-refractivity contribution in [2.24, 2.45) is 0 Å². The first-order valence-corrected chi connectivity index (χ1v) is 8.59. The van der Waals surface area contributed by atoms with Crippen LogP contribution in [0.15, 0.2) is 12.1 Å². The lowest BCUT2D eigenvalue weighted by atomic mass is 10.1. The maximum atomic E-state index is 12.2. The van der Waals surface area contributed by atoms with Crippen molar-refractivity contribution >= 4 is 23.4 Å². The third-order valence-corrected chi connectivity index (χ3v) is 4.52. The van der Waals surface area contributed by atoms with E-state index in [4.69, 9.17) is 21.1 Å². The van der Waals surface area contributed by atoms with Gasteiger partial charge in [0.25, 0.3) is 0 Å². The van der Waals surface area contributed by atoms with Crippen molar-refractivity contribution in [1.82, 2.24) is 4.90 Å². The summed E-state index contributed by atoms with van der Waals surface area (Å²) in [6, 6.07) is 4.19. The van der Waals surface area contributed by atoms with Crippen molar-refractivity contribution in [3.63, 3.8) is 0 Å². The van der Waals surface area contributed by atoms with Crippen LogP contribution in [0.4, 0.5) is 10.5 Å². The number of hydrogen-bond donors (Lipinski definition) is 0. The van der Waals surface area contributed by atoms with Crippen LogP contribution >= 0.6 is 11.6 Å². The molecule has 0 radical (unpaired) electrons. The van der Waals surface area contributed by atoms with E-state index in [0.717, 1.165) is 17.8 Å². The van der Waals surface area contributed by atoms with Gasteiger partial charge in [-0.3, -0.25) is 0 Å². The first-order chi connectivity index (χ1) is 11.1. The summed E-state index contributed by atoms with van der Waals surface area (Å²) in [5, 5.41) is 0.640. The zero-order valence-electron chi connectivity index (χ0n) is 15.4. The third kappa shape index (κ3) is 4.26. The molecule has 1 aliphatic rings. The fourth-order valence-corrected chi connectivity index (χ4v) is 3.05. The molecule has 1 aromatic rings. The van der Waals surface area contributed by atoms with E-state index in [9.17, 15) is 4.79 Å². The van der Waals surface area contributed by atoms with Crippen LogP contribution < -0.4 is 9.64 Å². The van der Waals surface area contributed by atoms with Gasteiger partial charge in [0.1, 0.15) is 11.4 Å². The fourth-order valence-electron chi connectivity index (χ4n) is 2.87. The molecule has 2 rings (SSSR count). The molecule has 1 amide bonds. The Labute approximate surface area is 149 Å². The average molecular weight is 355 g/mol. The van der Waals surface area contributed by atoms with Gasteiger partial charge in [-0.1, -0.05) is 11.6 Å². The average Bonchev–Trinajstić information content (AvgIpc) is 2.48. The number of aryl methyl sites for hydroxylation is 1. The molecule has 0 bridgehead atoms. The Morgan fingerprint density at radius 2 is 1.96 bits per heavy atom. The highest BCUT2D eigenvalue weighted by Crippen LogP contribution is 2.34. The molecule has 6 heteroatoms. The van der Waals surface area contributed by atoms with Gasteiger partial charge in [-0.15, -0.1) is 0 Å². The van der Waals surface area contributed by atoms with E-state index < -0.39 is 5.60 Å². The molecule has 1 aromatic carbocycles. The van der Waals surface area contributed by atoms with Crippen molar-refractivity contribution in [2.75, 3.05) is 31.6 Å². The summed E-state index contributed by atoms with van der Waals surface area (Å²) in [6.07, 6.45) is -0.251. The van der Waals surface area contributed by atoms with E-state index in [1.165, 1.54) is 0 Å². The smallest absolute Gasteiger partial charge is 0.410 e. The van der Waals surface area contributed by atoms with Crippen LogP contribution in [0.2, 0.25) is 5.02 Å². The van der Waals surface area contributed by atoms with Crippen LogP contribution in [0.1, 0.15) is 33.3 Å². The van der Waals surface area contributed by atoms with Crippen LogP contribution in [0.5, 0.6) is 5.75 Å². The second kappa shape index (κ2) is 7.09. The Balaban J connectivity index is 2.12. The van der Waals surface area contributed by atoms with Crippen molar-refractivity contribution in [3.05, 3.63) is 22.7 Å². The van der Waals surface area contributed by atoms with Gasteiger partial charge in [0, 0.05) is 37.4 Å². The van der Waals surface area contributed by atoms with Crippen LogP contribution in [0.25, 0.3) is 0 Å². The molecule has 1 heterocycles. The number of rotatable bonds is 2. The first kappa shape index (κ1) is 18.7. The predicted octanol–water partition coefficient (Wildman–Crippen LogP) is 4.10. The van der Waals surface area contributed by atoms with Gasteiger partial charge in [-0.05, 0) is 46.2 Å². The minimum atomic E-state index is -0.474. The topological polar surface area (TPSA) is 42.0 Å². The molecule has 1 fully saturated rings. The number of amides is 1. The van der Waals surface area contributed by atoms with E-state index in [0.29, 0.717) is 23.9 Å². The normalized spacial score (nSPS) is 18.5. The van der Waals surface area contributed by atoms with Gasteiger partial charge in [0.2, 0.25) is 0 Å². The molecule has 1 unspecified atom stereocenters. The first-order valence-electron chi connectivity index (χ1n) is 8.21. The number of anilines is 1. The Morgan fingerprint density at radius 1 is 1.29 bits per heavy atom. The maximum absolute atomic E-state index is 12.2. The lowest BCUT2D eigenvalue weighted by Crippen LogP contribution is -2.54. The molecule has 134 valence electrons. The van der Waals surface area contributed by atoms with Crippen LogP contribution in [0.3, 0.4) is 0 Å². The van der Waals surface area contributed by atoms with Crippen LogP contribution in [0, 0.1) is 6.92 Å². The number of benzene rings is 1. The molecule has 1 saturated heterocycles. The minimum absolute atomic E-state index is 0.177. The Morgan fingerprint density at radius 3 is 2.50 bits per heavy atom. The van der Waals surface area contributed by atoms with Gasteiger partial charge in [-0.2, -0.15) is 0 Å². The number of halogens is 1. The second-order valence-electron chi connectivity index (χ2n) is 7.25. The summed E-state index contributed by atoms with van der Waals surface area (Å²) in [7, 11) is 1.62. The van der Waals surface area contributed by atoms with Crippen molar-refractivity contribution in [3.8, 4) is 5.75 Å². The molecular formula is C18H27ClN2O3. The molecule has 0 saturated carbocycles. The largest absolute Gasteiger partial charge is 0.495 e. The van der Waals surface area contributed by atoms with Crippen molar-refractivity contribution in [1.29, 1.82) is 0 Å². The number of hydrogen-bond acceptors (Lipinski definition) is 4. The number of carbonyl (C=O) groups is 1. The highest BCUT2D eigenvalue weighted by Gasteiger charge is 2.30. The molecule has 0 aromatic heterocycles. The van der Waals surface area contributed by atoms with E-state index in [1.54, 1.807) is 12.0 Å². The fraction of sp³-hybridized carbons (Fsp3) is 0.611. The minimum Gasteiger partial charge on any atom is -0.495 e. The second-order valence-corrected chi connectivity index (χ2v) is 7.63.